The van der Waals surface area contributed by atoms with E-state index in [1.54, 1.807) is 0 Å². The van der Waals surface area contributed by atoms with Gasteiger partial charge in [0.2, 0.25) is 0 Å². The predicted molar refractivity (Wildman–Crippen MR) is 165 cm³/mol. The summed E-state index contributed by atoms with van der Waals surface area (Å²) in [5.41, 5.74) is 0. The minimum atomic E-state index is 1.31. The molecule has 0 amide bonds. The van der Waals surface area contributed by atoms with Gasteiger partial charge in [-0.3, -0.25) is 0 Å². The van der Waals surface area contributed by atoms with Crippen molar-refractivity contribution in [2.24, 2.45) is 0 Å². The number of hydrogen-bond donors (Lipinski definition) is 0. The van der Waals surface area contributed by atoms with Crippen molar-refractivity contribution in [2.75, 3.05) is 0 Å². The normalized spacial score (nSPS) is 10.7. The second kappa shape index (κ2) is 10.7. The van der Waals surface area contributed by atoms with Crippen molar-refractivity contribution in [2.45, 2.75) is 0 Å². The lowest BCUT2D eigenvalue weighted by Gasteiger charge is -2.02. The fourth-order valence-electron chi connectivity index (χ4n) is 4.76. The van der Waals surface area contributed by atoms with Gasteiger partial charge in [0.15, 0.2) is 0 Å². The van der Waals surface area contributed by atoms with Crippen LogP contribution in [0.4, 0.5) is 0 Å². The van der Waals surface area contributed by atoms with Gasteiger partial charge in [0.25, 0.3) is 0 Å². The topological polar surface area (TPSA) is 0 Å². The fraction of sp³-hybridized carbons (Fsp3) is 0. The number of rotatable bonds is 0. The Morgan fingerprint density at radius 1 is 0.243 bits per heavy atom. The molecular formula is C36H26S. The molecule has 0 nitrogen and oxygen atoms in total. The highest BCUT2D eigenvalue weighted by Crippen LogP contribution is 2.33. The van der Waals surface area contributed by atoms with Gasteiger partial charge in [0.1, 0.15) is 0 Å². The summed E-state index contributed by atoms with van der Waals surface area (Å²) >= 11 is 1.86. The molecule has 0 bridgehead atoms. The molecule has 0 saturated carbocycles. The lowest BCUT2D eigenvalue weighted by atomic mass is 10.0. The Hall–Kier alpha value is -4.46. The van der Waals surface area contributed by atoms with Crippen molar-refractivity contribution in [3.8, 4) is 0 Å². The minimum absolute atomic E-state index is 1.31. The summed E-state index contributed by atoms with van der Waals surface area (Å²) in [6.07, 6.45) is 0. The summed E-state index contributed by atoms with van der Waals surface area (Å²) < 4.78 is 2.76. The van der Waals surface area contributed by atoms with E-state index in [1.807, 2.05) is 11.3 Å². The molecule has 0 aliphatic heterocycles. The Morgan fingerprint density at radius 3 is 0.946 bits per heavy atom. The molecule has 0 unspecified atom stereocenters. The van der Waals surface area contributed by atoms with E-state index in [-0.39, 0.29) is 0 Å². The van der Waals surface area contributed by atoms with Gasteiger partial charge in [-0.05, 0) is 44.5 Å². The van der Waals surface area contributed by atoms with Crippen LogP contribution >= 0.6 is 11.3 Å². The third-order valence-electron chi connectivity index (χ3n) is 6.60. The van der Waals surface area contributed by atoms with Crippen LogP contribution in [-0.4, -0.2) is 0 Å². The van der Waals surface area contributed by atoms with Gasteiger partial charge < -0.3 is 0 Å². The quantitative estimate of drug-likeness (QED) is 0.185. The Morgan fingerprint density at radius 2 is 0.541 bits per heavy atom. The van der Waals surface area contributed by atoms with E-state index in [2.05, 4.69) is 158 Å². The van der Waals surface area contributed by atoms with Crippen LogP contribution in [0.1, 0.15) is 0 Å². The third kappa shape index (κ3) is 4.95. The summed E-state index contributed by atoms with van der Waals surface area (Å²) in [4.78, 5) is 0. The molecule has 0 saturated heterocycles. The molecular weight excluding hydrogens is 464 g/mol. The smallest absolute Gasteiger partial charge is 0.0355 e. The lowest BCUT2D eigenvalue weighted by molar-refractivity contribution is 1.75. The van der Waals surface area contributed by atoms with E-state index < -0.39 is 0 Å². The highest BCUT2D eigenvalue weighted by Gasteiger charge is 2.01. The summed E-state index contributed by atoms with van der Waals surface area (Å²) in [6, 6.07) is 55.2. The molecule has 176 valence electrons. The maximum absolute atomic E-state index is 2.19. The monoisotopic (exact) mass is 490 g/mol. The maximum Gasteiger partial charge on any atom is 0.0355 e. The lowest BCUT2D eigenvalue weighted by Crippen LogP contribution is -1.75. The second-order valence-electron chi connectivity index (χ2n) is 8.95. The predicted octanol–water partition coefficient (Wildman–Crippen LogP) is 10.9. The van der Waals surface area contributed by atoms with Gasteiger partial charge in [-0.1, -0.05) is 146 Å². The Kier molecular flexibility index (Phi) is 6.62. The van der Waals surface area contributed by atoms with Gasteiger partial charge in [-0.2, -0.15) is 0 Å². The molecule has 1 heteroatoms. The van der Waals surface area contributed by atoms with Crippen LogP contribution in [-0.2, 0) is 0 Å². The van der Waals surface area contributed by atoms with Crippen molar-refractivity contribution in [3.63, 3.8) is 0 Å². The van der Waals surface area contributed by atoms with E-state index in [0.29, 0.717) is 0 Å². The van der Waals surface area contributed by atoms with Gasteiger partial charge in [-0.15, -0.1) is 11.3 Å². The molecule has 37 heavy (non-hydrogen) atoms. The second-order valence-corrected chi connectivity index (χ2v) is 10.0. The van der Waals surface area contributed by atoms with Crippen LogP contribution in [0, 0.1) is 0 Å². The average Bonchev–Trinajstić information content (AvgIpc) is 3.37. The van der Waals surface area contributed by atoms with Crippen LogP contribution in [0.3, 0.4) is 0 Å². The van der Waals surface area contributed by atoms with E-state index >= 15 is 0 Å². The zero-order chi connectivity index (χ0) is 24.9. The largest absolute Gasteiger partial charge is 0.135 e. The Labute approximate surface area is 221 Å². The molecule has 0 N–H and O–H groups in total. The first kappa shape index (κ1) is 23.0. The molecule has 7 aromatic carbocycles. The molecule has 1 aromatic heterocycles. The van der Waals surface area contributed by atoms with Gasteiger partial charge in [0, 0.05) is 20.2 Å². The Balaban J connectivity index is 0.000000104. The van der Waals surface area contributed by atoms with E-state index in [1.165, 1.54) is 52.5 Å². The zero-order valence-corrected chi connectivity index (χ0v) is 21.2. The maximum atomic E-state index is 2.19. The third-order valence-corrected chi connectivity index (χ3v) is 7.75. The van der Waals surface area contributed by atoms with Crippen molar-refractivity contribution in [1.29, 1.82) is 0 Å². The van der Waals surface area contributed by atoms with Gasteiger partial charge in [0.05, 0.1) is 0 Å². The highest BCUT2D eigenvalue weighted by molar-refractivity contribution is 7.25. The SMILES string of the molecule is c1ccc2c(c1)ccc1ccccc12.c1ccc2c(c1)sc1ccccc12.c1ccc2ccccc2c1. The molecule has 8 rings (SSSR count). The average molecular weight is 491 g/mol. The molecule has 0 radical (unpaired) electrons. The number of benzene rings is 7. The van der Waals surface area contributed by atoms with Crippen LogP contribution in [0.25, 0.3) is 52.5 Å². The minimum Gasteiger partial charge on any atom is -0.135 e. The summed E-state index contributed by atoms with van der Waals surface area (Å²) in [6.45, 7) is 0. The molecule has 0 atom stereocenters. The van der Waals surface area contributed by atoms with Crippen molar-refractivity contribution in [1.82, 2.24) is 0 Å². The molecule has 1 heterocycles. The molecule has 0 fully saturated rings. The molecule has 0 aliphatic carbocycles. The number of thiophene rings is 1. The van der Waals surface area contributed by atoms with Crippen molar-refractivity contribution in [3.05, 3.63) is 158 Å². The highest BCUT2D eigenvalue weighted by atomic mass is 32.1. The van der Waals surface area contributed by atoms with Crippen molar-refractivity contribution < 1.29 is 0 Å². The Bertz CT molecular complexity index is 1770. The molecule has 8 aromatic rings. The van der Waals surface area contributed by atoms with E-state index in [0.717, 1.165) is 0 Å². The van der Waals surface area contributed by atoms with E-state index in [4.69, 9.17) is 0 Å². The standard InChI is InChI=1S/C14H10.C12H8S.C10H8/c1-3-7-13-11(5-1)9-10-12-6-2-4-8-14(12)13;1-3-7-11-9(5-1)10-6-2-4-8-12(10)13-11;1-2-6-10-8-4-3-7-9(10)5-1/h1-10H;1-8H;1-8H. The number of fused-ring (bicyclic) bond motifs is 7. The summed E-state index contributed by atoms with van der Waals surface area (Å²) in [5.74, 6) is 0. The summed E-state index contributed by atoms with van der Waals surface area (Å²) in [5, 5.41) is 10.7. The van der Waals surface area contributed by atoms with Gasteiger partial charge >= 0.3 is 0 Å². The van der Waals surface area contributed by atoms with Crippen LogP contribution in [0.15, 0.2) is 158 Å². The van der Waals surface area contributed by atoms with Crippen LogP contribution in [0.2, 0.25) is 0 Å². The fourth-order valence-corrected chi connectivity index (χ4v) is 5.87. The molecule has 0 aliphatic rings. The molecule has 0 spiro atoms. The van der Waals surface area contributed by atoms with Crippen LogP contribution in [0.5, 0.6) is 0 Å². The first-order valence-corrected chi connectivity index (χ1v) is 13.3. The first-order valence-electron chi connectivity index (χ1n) is 12.5. The van der Waals surface area contributed by atoms with Crippen LogP contribution < -0.4 is 0 Å². The van der Waals surface area contributed by atoms with E-state index in [9.17, 15) is 0 Å². The van der Waals surface area contributed by atoms with Crippen molar-refractivity contribution >= 4 is 63.8 Å². The number of hydrogen-bond acceptors (Lipinski definition) is 1. The van der Waals surface area contributed by atoms with Gasteiger partial charge in [-0.25, -0.2) is 0 Å². The summed E-state index contributed by atoms with van der Waals surface area (Å²) in [7, 11) is 0. The zero-order valence-electron chi connectivity index (χ0n) is 20.4. The first-order chi connectivity index (χ1) is 18.4.